The van der Waals surface area contributed by atoms with E-state index in [-0.39, 0.29) is 12.0 Å². The van der Waals surface area contributed by atoms with Crippen LogP contribution in [-0.4, -0.2) is 12.1 Å². The Bertz CT molecular complexity index is 358. The van der Waals surface area contributed by atoms with Crippen molar-refractivity contribution in [2.45, 2.75) is 12.8 Å². The van der Waals surface area contributed by atoms with Crippen molar-refractivity contribution in [3.8, 4) is 5.75 Å². The van der Waals surface area contributed by atoms with Crippen molar-refractivity contribution in [3.05, 3.63) is 36.8 Å². The number of benzene rings is 1. The van der Waals surface area contributed by atoms with Crippen LogP contribution in [0.4, 0.5) is 13.2 Å². The number of rotatable bonds is 3. The molecule has 1 rings (SSSR count). The van der Waals surface area contributed by atoms with Gasteiger partial charge in [-0.2, -0.15) is 0 Å². The minimum absolute atomic E-state index is 0.107. The largest absolute Gasteiger partial charge is 0.573 e. The van der Waals surface area contributed by atoms with Crippen LogP contribution < -0.4 is 4.74 Å². The number of para-hydroxylation sites is 1. The average Bonchev–Trinajstić information content (AvgIpc) is 2.15. The molecule has 1 aromatic rings. The van der Waals surface area contributed by atoms with Crippen LogP contribution >= 0.6 is 0 Å². The van der Waals surface area contributed by atoms with E-state index >= 15 is 0 Å². The van der Waals surface area contributed by atoms with Gasteiger partial charge in [-0.3, -0.25) is 4.79 Å². The zero-order chi connectivity index (χ0) is 11.5. The molecule has 0 spiro atoms. The normalized spacial score (nSPS) is 11.2. The van der Waals surface area contributed by atoms with Crippen molar-refractivity contribution in [2.75, 3.05) is 0 Å². The minimum atomic E-state index is -4.79. The fourth-order valence-corrected chi connectivity index (χ4v) is 1.05. The Morgan fingerprint density at radius 3 is 2.47 bits per heavy atom. The van der Waals surface area contributed by atoms with Crippen LogP contribution in [0, 0.1) is 6.92 Å². The van der Waals surface area contributed by atoms with Crippen LogP contribution in [0.1, 0.15) is 16.8 Å². The third kappa shape index (κ3) is 3.27. The Morgan fingerprint density at radius 2 is 1.93 bits per heavy atom. The molecule has 0 bridgehead atoms. The Hall–Kier alpha value is -1.52. The second-order valence-corrected chi connectivity index (χ2v) is 2.72. The smallest absolute Gasteiger partial charge is 0.405 e. The number of Topliss-reactive ketones (excluding diaryl/α,β-unsaturated/α-hetero) is 1. The van der Waals surface area contributed by atoms with Crippen LogP contribution in [0.15, 0.2) is 24.3 Å². The molecular weight excluding hydrogens is 209 g/mol. The van der Waals surface area contributed by atoms with E-state index in [0.717, 1.165) is 6.07 Å². The molecule has 0 saturated carbocycles. The third-order valence-electron chi connectivity index (χ3n) is 1.64. The molecule has 1 radical (unpaired) electrons. The molecular formula is C10H8F3O2. The second-order valence-electron chi connectivity index (χ2n) is 2.72. The first-order valence-corrected chi connectivity index (χ1v) is 4.11. The van der Waals surface area contributed by atoms with E-state index < -0.39 is 17.9 Å². The summed E-state index contributed by atoms with van der Waals surface area (Å²) in [4.78, 5) is 11.2. The lowest BCUT2D eigenvalue weighted by Crippen LogP contribution is -2.18. The van der Waals surface area contributed by atoms with Gasteiger partial charge in [0.05, 0.1) is 5.56 Å². The van der Waals surface area contributed by atoms with Gasteiger partial charge in [0.25, 0.3) is 0 Å². The van der Waals surface area contributed by atoms with E-state index in [4.69, 9.17) is 0 Å². The summed E-state index contributed by atoms with van der Waals surface area (Å²) in [5.41, 5.74) is -0.107. The standard InChI is InChI=1S/C10H8F3O2/c1-2-8(14)7-5-3-4-6-9(7)15-10(11,12)13/h3-6H,1-2H2. The fourth-order valence-electron chi connectivity index (χ4n) is 1.05. The molecule has 0 aliphatic rings. The molecule has 0 fully saturated rings. The van der Waals surface area contributed by atoms with E-state index in [2.05, 4.69) is 11.7 Å². The van der Waals surface area contributed by atoms with Crippen molar-refractivity contribution >= 4 is 5.78 Å². The molecule has 0 unspecified atom stereocenters. The zero-order valence-electron chi connectivity index (χ0n) is 7.67. The molecule has 81 valence electrons. The van der Waals surface area contributed by atoms with E-state index in [1.807, 2.05) is 0 Å². The topological polar surface area (TPSA) is 26.3 Å². The SMILES string of the molecule is [CH2]CC(=O)c1ccccc1OC(F)(F)F. The number of halogens is 3. The average molecular weight is 217 g/mol. The summed E-state index contributed by atoms with van der Waals surface area (Å²) < 4.78 is 39.5. The molecule has 0 aromatic heterocycles. The quantitative estimate of drug-likeness (QED) is 0.727. The summed E-state index contributed by atoms with van der Waals surface area (Å²) in [7, 11) is 0. The van der Waals surface area contributed by atoms with Gasteiger partial charge in [-0.05, 0) is 19.1 Å². The van der Waals surface area contributed by atoms with Crippen LogP contribution in [0.3, 0.4) is 0 Å². The lowest BCUT2D eigenvalue weighted by molar-refractivity contribution is -0.274. The number of hydrogen-bond acceptors (Lipinski definition) is 2. The van der Waals surface area contributed by atoms with Gasteiger partial charge in [-0.1, -0.05) is 12.1 Å². The summed E-state index contributed by atoms with van der Waals surface area (Å²) in [5, 5.41) is 0. The fraction of sp³-hybridized carbons (Fsp3) is 0.200. The van der Waals surface area contributed by atoms with Gasteiger partial charge in [0.1, 0.15) is 5.75 Å². The van der Waals surface area contributed by atoms with Crippen molar-refractivity contribution in [1.82, 2.24) is 0 Å². The Morgan fingerprint density at radius 1 is 1.33 bits per heavy atom. The highest BCUT2D eigenvalue weighted by Gasteiger charge is 2.32. The van der Waals surface area contributed by atoms with E-state index in [1.54, 1.807) is 0 Å². The van der Waals surface area contributed by atoms with Gasteiger partial charge < -0.3 is 4.74 Å². The Labute approximate surface area is 84.7 Å². The lowest BCUT2D eigenvalue weighted by Gasteiger charge is -2.11. The van der Waals surface area contributed by atoms with Crippen LogP contribution in [0.5, 0.6) is 5.75 Å². The molecule has 0 heterocycles. The zero-order valence-corrected chi connectivity index (χ0v) is 7.67. The molecule has 0 aliphatic heterocycles. The summed E-state index contributed by atoms with van der Waals surface area (Å²) in [6, 6.07) is 5.19. The number of ether oxygens (including phenoxy) is 1. The molecule has 0 N–H and O–H groups in total. The summed E-state index contributed by atoms with van der Waals surface area (Å²) in [6.45, 7) is 3.31. The van der Waals surface area contributed by atoms with E-state index in [0.29, 0.717) is 0 Å². The monoisotopic (exact) mass is 217 g/mol. The van der Waals surface area contributed by atoms with Crippen molar-refractivity contribution < 1.29 is 22.7 Å². The first-order valence-electron chi connectivity index (χ1n) is 4.11. The maximum atomic E-state index is 11.9. The summed E-state index contributed by atoms with van der Waals surface area (Å²) in [6.07, 6.45) is -4.91. The highest BCUT2D eigenvalue weighted by atomic mass is 19.4. The van der Waals surface area contributed by atoms with Crippen LogP contribution in [0.2, 0.25) is 0 Å². The van der Waals surface area contributed by atoms with Gasteiger partial charge in [-0.25, -0.2) is 0 Å². The van der Waals surface area contributed by atoms with Gasteiger partial charge in [0.2, 0.25) is 0 Å². The first-order chi connectivity index (χ1) is 6.94. The number of carbonyl (C=O) groups excluding carboxylic acids is 1. The maximum absolute atomic E-state index is 11.9. The lowest BCUT2D eigenvalue weighted by atomic mass is 10.1. The predicted molar refractivity (Wildman–Crippen MR) is 47.4 cm³/mol. The Balaban J connectivity index is 3.02. The first kappa shape index (κ1) is 11.6. The summed E-state index contributed by atoms with van der Waals surface area (Å²) in [5.74, 6) is -0.978. The molecule has 1 aromatic carbocycles. The van der Waals surface area contributed by atoms with Gasteiger partial charge >= 0.3 is 6.36 Å². The Kier molecular flexibility index (Phi) is 3.34. The highest BCUT2D eigenvalue weighted by molar-refractivity contribution is 5.98. The number of carbonyl (C=O) groups is 1. The summed E-state index contributed by atoms with van der Waals surface area (Å²) >= 11 is 0. The number of alkyl halides is 3. The molecule has 0 atom stereocenters. The van der Waals surface area contributed by atoms with Crippen LogP contribution in [-0.2, 0) is 0 Å². The molecule has 2 nitrogen and oxygen atoms in total. The van der Waals surface area contributed by atoms with E-state index in [1.165, 1.54) is 18.2 Å². The minimum Gasteiger partial charge on any atom is -0.405 e. The molecule has 0 saturated heterocycles. The molecule has 15 heavy (non-hydrogen) atoms. The van der Waals surface area contributed by atoms with Gasteiger partial charge in [0, 0.05) is 6.42 Å². The molecule has 5 heteroatoms. The molecule has 0 amide bonds. The number of ketones is 1. The van der Waals surface area contributed by atoms with Crippen LogP contribution in [0.25, 0.3) is 0 Å². The van der Waals surface area contributed by atoms with Gasteiger partial charge in [0.15, 0.2) is 5.78 Å². The third-order valence-corrected chi connectivity index (χ3v) is 1.64. The van der Waals surface area contributed by atoms with Crippen molar-refractivity contribution in [3.63, 3.8) is 0 Å². The van der Waals surface area contributed by atoms with Crippen molar-refractivity contribution in [1.29, 1.82) is 0 Å². The van der Waals surface area contributed by atoms with E-state index in [9.17, 15) is 18.0 Å². The second kappa shape index (κ2) is 4.33. The number of hydrogen-bond donors (Lipinski definition) is 0. The predicted octanol–water partition coefficient (Wildman–Crippen LogP) is 2.99. The maximum Gasteiger partial charge on any atom is 0.573 e. The highest BCUT2D eigenvalue weighted by Crippen LogP contribution is 2.26. The van der Waals surface area contributed by atoms with Crippen molar-refractivity contribution in [2.24, 2.45) is 0 Å². The van der Waals surface area contributed by atoms with Gasteiger partial charge in [-0.15, -0.1) is 13.2 Å². The molecule has 0 aliphatic carbocycles.